The monoisotopic (exact) mass is 431 g/mol. The minimum absolute atomic E-state index is 0.0352. The fourth-order valence-corrected chi connectivity index (χ4v) is 3.35. The zero-order chi connectivity index (χ0) is 21.5. The molecule has 0 bridgehead atoms. The molecule has 9 heteroatoms. The highest BCUT2D eigenvalue weighted by atomic mass is 32.1. The Balaban J connectivity index is 1.44. The quantitative estimate of drug-likeness (QED) is 0.523. The molecule has 0 aliphatic rings. The topological polar surface area (TPSA) is 80.3 Å². The fraction of sp³-hybridized carbons (Fsp3) is 0.190. The van der Waals surface area contributed by atoms with Crippen LogP contribution in [0.25, 0.3) is 11.3 Å². The van der Waals surface area contributed by atoms with E-state index in [1.165, 1.54) is 0 Å². The van der Waals surface area contributed by atoms with Crippen molar-refractivity contribution in [2.75, 3.05) is 19.0 Å². The van der Waals surface area contributed by atoms with Crippen molar-refractivity contribution in [2.24, 2.45) is 0 Å². The summed E-state index contributed by atoms with van der Waals surface area (Å²) in [6, 6.07) is 9.82. The van der Waals surface area contributed by atoms with Crippen LogP contribution in [0.5, 0.6) is 5.75 Å². The first-order valence-corrected chi connectivity index (χ1v) is 9.97. The van der Waals surface area contributed by atoms with E-state index < -0.39 is 11.6 Å². The standard InChI is InChI=1S/C21H19F2N3O3S/c1-29-15-7-4-13(5-8-15)20(28)24-10-2-3-19(27)26-21-25-18(12-30-21)16-11-14(22)6-9-17(16)23/h4-9,11-12H,2-3,10H2,1H3,(H,24,28)(H,25,26,27). The number of nitrogens with zero attached hydrogens (tertiary/aromatic N) is 1. The van der Waals surface area contributed by atoms with Gasteiger partial charge >= 0.3 is 0 Å². The van der Waals surface area contributed by atoms with Gasteiger partial charge in [-0.25, -0.2) is 13.8 Å². The van der Waals surface area contributed by atoms with E-state index in [9.17, 15) is 18.4 Å². The van der Waals surface area contributed by atoms with Crippen LogP contribution < -0.4 is 15.4 Å². The van der Waals surface area contributed by atoms with Gasteiger partial charge in [-0.05, 0) is 48.9 Å². The Kier molecular flexibility index (Phi) is 7.08. The summed E-state index contributed by atoms with van der Waals surface area (Å²) in [6.45, 7) is 0.329. The molecule has 3 rings (SSSR count). The van der Waals surface area contributed by atoms with Crippen LogP contribution >= 0.6 is 11.3 Å². The Morgan fingerprint density at radius 2 is 1.90 bits per heavy atom. The van der Waals surface area contributed by atoms with Crippen LogP contribution in [0, 0.1) is 11.6 Å². The molecule has 6 nitrogen and oxygen atoms in total. The zero-order valence-electron chi connectivity index (χ0n) is 16.1. The Labute approximate surface area is 175 Å². The highest BCUT2D eigenvalue weighted by molar-refractivity contribution is 7.14. The van der Waals surface area contributed by atoms with Gasteiger partial charge in [-0.15, -0.1) is 11.3 Å². The van der Waals surface area contributed by atoms with E-state index >= 15 is 0 Å². The van der Waals surface area contributed by atoms with Crippen molar-refractivity contribution in [3.05, 3.63) is 65.0 Å². The molecule has 0 radical (unpaired) electrons. The van der Waals surface area contributed by atoms with Crippen molar-refractivity contribution in [1.82, 2.24) is 10.3 Å². The van der Waals surface area contributed by atoms with E-state index in [1.54, 1.807) is 36.8 Å². The molecule has 0 saturated heterocycles. The summed E-state index contributed by atoms with van der Waals surface area (Å²) in [5, 5.41) is 7.20. The second-order valence-electron chi connectivity index (χ2n) is 6.30. The largest absolute Gasteiger partial charge is 0.497 e. The van der Waals surface area contributed by atoms with Crippen LogP contribution in [-0.2, 0) is 4.79 Å². The highest BCUT2D eigenvalue weighted by Gasteiger charge is 2.12. The molecule has 2 aromatic carbocycles. The molecule has 1 heterocycles. The third kappa shape index (κ3) is 5.60. The van der Waals surface area contributed by atoms with E-state index in [0.29, 0.717) is 29.4 Å². The lowest BCUT2D eigenvalue weighted by Gasteiger charge is -2.06. The van der Waals surface area contributed by atoms with E-state index in [-0.39, 0.29) is 29.5 Å². The van der Waals surface area contributed by atoms with Gasteiger partial charge in [0.05, 0.1) is 12.8 Å². The molecule has 0 atom stereocenters. The average Bonchev–Trinajstić information content (AvgIpc) is 3.21. The normalized spacial score (nSPS) is 10.5. The first-order valence-electron chi connectivity index (χ1n) is 9.09. The van der Waals surface area contributed by atoms with E-state index in [1.807, 2.05) is 0 Å². The Morgan fingerprint density at radius 3 is 2.63 bits per heavy atom. The molecule has 3 aromatic rings. The lowest BCUT2D eigenvalue weighted by Crippen LogP contribution is -2.25. The number of carbonyl (C=O) groups is 2. The number of rotatable bonds is 8. The fourth-order valence-electron chi connectivity index (χ4n) is 2.63. The molecule has 2 N–H and O–H groups in total. The summed E-state index contributed by atoms with van der Waals surface area (Å²) < 4.78 is 32.2. The Hall–Kier alpha value is -3.33. The van der Waals surface area contributed by atoms with Crippen LogP contribution in [0.15, 0.2) is 47.8 Å². The molecule has 30 heavy (non-hydrogen) atoms. The van der Waals surface area contributed by atoms with Gasteiger partial charge in [0, 0.05) is 29.5 Å². The molecule has 156 valence electrons. The molecular formula is C21H19F2N3O3S. The number of thiazole rings is 1. The van der Waals surface area contributed by atoms with Gasteiger partial charge in [-0.2, -0.15) is 0 Å². The summed E-state index contributed by atoms with van der Waals surface area (Å²) in [5.41, 5.74) is 0.784. The van der Waals surface area contributed by atoms with Crippen molar-refractivity contribution in [3.8, 4) is 17.0 Å². The summed E-state index contributed by atoms with van der Waals surface area (Å²) >= 11 is 1.12. The molecular weight excluding hydrogens is 412 g/mol. The number of amides is 2. The van der Waals surface area contributed by atoms with Gasteiger partial charge in [0.1, 0.15) is 17.4 Å². The number of benzene rings is 2. The summed E-state index contributed by atoms with van der Waals surface area (Å²) in [5.74, 6) is -1.02. The maximum absolute atomic E-state index is 13.8. The van der Waals surface area contributed by atoms with E-state index in [0.717, 1.165) is 29.5 Å². The number of carbonyl (C=O) groups excluding carboxylic acids is 2. The third-order valence-electron chi connectivity index (χ3n) is 4.17. The first-order chi connectivity index (χ1) is 14.5. The predicted molar refractivity (Wildman–Crippen MR) is 111 cm³/mol. The number of hydrogen-bond donors (Lipinski definition) is 2. The summed E-state index contributed by atoms with van der Waals surface area (Å²) in [7, 11) is 1.55. The van der Waals surface area contributed by atoms with Crippen LogP contribution in [-0.4, -0.2) is 30.5 Å². The lowest BCUT2D eigenvalue weighted by atomic mass is 10.1. The molecule has 1 aromatic heterocycles. The average molecular weight is 431 g/mol. The predicted octanol–water partition coefficient (Wildman–Crippen LogP) is 4.25. The second kappa shape index (κ2) is 9.93. The van der Waals surface area contributed by atoms with Crippen LogP contribution in [0.1, 0.15) is 23.2 Å². The van der Waals surface area contributed by atoms with Crippen molar-refractivity contribution in [1.29, 1.82) is 0 Å². The number of nitrogens with one attached hydrogen (secondary N) is 2. The molecule has 0 fully saturated rings. The number of hydrogen-bond acceptors (Lipinski definition) is 5. The van der Waals surface area contributed by atoms with Gasteiger partial charge in [0.25, 0.3) is 5.91 Å². The van der Waals surface area contributed by atoms with Gasteiger partial charge in [0.15, 0.2) is 5.13 Å². The van der Waals surface area contributed by atoms with Crippen molar-refractivity contribution >= 4 is 28.3 Å². The van der Waals surface area contributed by atoms with Gasteiger partial charge in [-0.3, -0.25) is 9.59 Å². The van der Waals surface area contributed by atoms with Crippen LogP contribution in [0.4, 0.5) is 13.9 Å². The third-order valence-corrected chi connectivity index (χ3v) is 4.93. The van der Waals surface area contributed by atoms with Crippen LogP contribution in [0.3, 0.4) is 0 Å². The number of anilines is 1. The number of halogens is 2. The smallest absolute Gasteiger partial charge is 0.251 e. The maximum atomic E-state index is 13.8. The molecule has 0 saturated carbocycles. The summed E-state index contributed by atoms with van der Waals surface area (Å²) in [4.78, 5) is 28.2. The summed E-state index contributed by atoms with van der Waals surface area (Å²) in [6.07, 6.45) is 0.608. The minimum atomic E-state index is -0.591. The van der Waals surface area contributed by atoms with Crippen molar-refractivity contribution in [2.45, 2.75) is 12.8 Å². The number of aromatic nitrogens is 1. The molecule has 0 aliphatic heterocycles. The first kappa shape index (κ1) is 21.4. The Bertz CT molecular complexity index is 1040. The van der Waals surface area contributed by atoms with E-state index in [2.05, 4.69) is 15.6 Å². The maximum Gasteiger partial charge on any atom is 0.251 e. The molecule has 0 aliphatic carbocycles. The Morgan fingerprint density at radius 1 is 1.13 bits per heavy atom. The van der Waals surface area contributed by atoms with Crippen molar-refractivity contribution < 1.29 is 23.1 Å². The zero-order valence-corrected chi connectivity index (χ0v) is 16.9. The van der Waals surface area contributed by atoms with Crippen molar-refractivity contribution in [3.63, 3.8) is 0 Å². The molecule has 0 spiro atoms. The van der Waals surface area contributed by atoms with Gasteiger partial charge in [0.2, 0.25) is 5.91 Å². The van der Waals surface area contributed by atoms with Gasteiger partial charge < -0.3 is 15.4 Å². The van der Waals surface area contributed by atoms with E-state index in [4.69, 9.17) is 4.74 Å². The van der Waals surface area contributed by atoms with Gasteiger partial charge in [-0.1, -0.05) is 0 Å². The minimum Gasteiger partial charge on any atom is -0.497 e. The lowest BCUT2D eigenvalue weighted by molar-refractivity contribution is -0.116. The molecule has 2 amide bonds. The van der Waals surface area contributed by atoms with Crippen LogP contribution in [0.2, 0.25) is 0 Å². The number of methoxy groups -OCH3 is 1. The number of ether oxygens (including phenoxy) is 1. The SMILES string of the molecule is COc1ccc(C(=O)NCCCC(=O)Nc2nc(-c3cc(F)ccc3F)cs2)cc1. The molecule has 0 unspecified atom stereocenters. The second-order valence-corrected chi connectivity index (χ2v) is 7.16. The highest BCUT2D eigenvalue weighted by Crippen LogP contribution is 2.27.